The first-order chi connectivity index (χ1) is 9.61. The fourth-order valence-corrected chi connectivity index (χ4v) is 2.75. The lowest BCUT2D eigenvalue weighted by molar-refractivity contribution is 0.0525. The van der Waals surface area contributed by atoms with Gasteiger partial charge in [0.2, 0.25) is 0 Å². The van der Waals surface area contributed by atoms with E-state index in [1.54, 1.807) is 13.0 Å². The second-order valence-corrected chi connectivity index (χ2v) is 5.45. The molecule has 1 aliphatic carbocycles. The average Bonchev–Trinajstić information content (AvgIpc) is 2.44. The maximum atomic E-state index is 11.8. The molecule has 4 nitrogen and oxygen atoms in total. The SMILES string of the molecule is CCOC(=O)c1cc(N)c(NC2CCCCC2)cc1C. The van der Waals surface area contributed by atoms with Gasteiger partial charge in [-0.2, -0.15) is 0 Å². The van der Waals surface area contributed by atoms with Crippen LogP contribution in [-0.2, 0) is 4.74 Å². The van der Waals surface area contributed by atoms with Crippen molar-refractivity contribution in [2.45, 2.75) is 52.0 Å². The number of ether oxygens (including phenoxy) is 1. The monoisotopic (exact) mass is 276 g/mol. The van der Waals surface area contributed by atoms with Crippen molar-refractivity contribution in [3.63, 3.8) is 0 Å². The van der Waals surface area contributed by atoms with Crippen LogP contribution in [-0.4, -0.2) is 18.6 Å². The van der Waals surface area contributed by atoms with Crippen LogP contribution in [0.3, 0.4) is 0 Å². The summed E-state index contributed by atoms with van der Waals surface area (Å²) in [6.07, 6.45) is 6.26. The predicted molar refractivity (Wildman–Crippen MR) is 82.0 cm³/mol. The van der Waals surface area contributed by atoms with Gasteiger partial charge >= 0.3 is 5.97 Å². The van der Waals surface area contributed by atoms with Crippen LogP contribution in [0, 0.1) is 6.92 Å². The third-order valence-corrected chi connectivity index (χ3v) is 3.86. The van der Waals surface area contributed by atoms with Gasteiger partial charge in [-0.05, 0) is 44.4 Å². The first kappa shape index (κ1) is 14.7. The molecule has 3 N–H and O–H groups in total. The number of hydrogen-bond acceptors (Lipinski definition) is 4. The Balaban J connectivity index is 2.14. The van der Waals surface area contributed by atoms with Crippen molar-refractivity contribution < 1.29 is 9.53 Å². The first-order valence-electron chi connectivity index (χ1n) is 7.45. The molecule has 0 spiro atoms. The zero-order chi connectivity index (χ0) is 14.5. The number of nitrogens with one attached hydrogen (secondary N) is 1. The van der Waals surface area contributed by atoms with Crippen molar-refractivity contribution in [3.05, 3.63) is 23.3 Å². The van der Waals surface area contributed by atoms with Crippen LogP contribution in [0.25, 0.3) is 0 Å². The molecule has 0 heterocycles. The second-order valence-electron chi connectivity index (χ2n) is 5.45. The smallest absolute Gasteiger partial charge is 0.338 e. The summed E-state index contributed by atoms with van der Waals surface area (Å²) in [6, 6.07) is 4.17. The minimum Gasteiger partial charge on any atom is -0.462 e. The molecule has 1 saturated carbocycles. The molecule has 2 rings (SSSR count). The Morgan fingerprint density at radius 2 is 2.05 bits per heavy atom. The Kier molecular flexibility index (Phi) is 4.88. The Labute approximate surface area is 120 Å². The normalized spacial score (nSPS) is 15.9. The van der Waals surface area contributed by atoms with E-state index < -0.39 is 0 Å². The summed E-state index contributed by atoms with van der Waals surface area (Å²) < 4.78 is 5.04. The molecule has 1 fully saturated rings. The summed E-state index contributed by atoms with van der Waals surface area (Å²) >= 11 is 0. The van der Waals surface area contributed by atoms with E-state index in [2.05, 4.69) is 5.32 Å². The molecule has 0 unspecified atom stereocenters. The highest BCUT2D eigenvalue weighted by Crippen LogP contribution is 2.28. The van der Waals surface area contributed by atoms with Crippen molar-refractivity contribution in [2.24, 2.45) is 0 Å². The number of hydrogen-bond donors (Lipinski definition) is 2. The standard InChI is InChI=1S/C16H24N2O2/c1-3-20-16(19)13-10-14(17)15(9-11(13)2)18-12-7-5-4-6-8-12/h9-10,12,18H,3-8,17H2,1-2H3. The highest BCUT2D eigenvalue weighted by atomic mass is 16.5. The fourth-order valence-electron chi connectivity index (χ4n) is 2.75. The Morgan fingerprint density at radius 1 is 1.35 bits per heavy atom. The van der Waals surface area contributed by atoms with Gasteiger partial charge in [-0.3, -0.25) is 0 Å². The zero-order valence-electron chi connectivity index (χ0n) is 12.4. The highest BCUT2D eigenvalue weighted by Gasteiger charge is 2.17. The van der Waals surface area contributed by atoms with E-state index in [0.717, 1.165) is 11.3 Å². The Bertz CT molecular complexity index is 480. The van der Waals surface area contributed by atoms with E-state index in [9.17, 15) is 4.79 Å². The molecular weight excluding hydrogens is 252 g/mol. The van der Waals surface area contributed by atoms with Crippen LogP contribution in [0.15, 0.2) is 12.1 Å². The molecule has 0 bridgehead atoms. The fraction of sp³-hybridized carbons (Fsp3) is 0.562. The van der Waals surface area contributed by atoms with Crippen molar-refractivity contribution >= 4 is 17.3 Å². The summed E-state index contributed by atoms with van der Waals surface area (Å²) in [6.45, 7) is 4.09. The quantitative estimate of drug-likeness (QED) is 0.652. The molecule has 1 aromatic rings. The van der Waals surface area contributed by atoms with Crippen molar-refractivity contribution in [3.8, 4) is 0 Å². The number of anilines is 2. The number of rotatable bonds is 4. The third kappa shape index (κ3) is 3.44. The number of benzene rings is 1. The molecular formula is C16H24N2O2. The van der Waals surface area contributed by atoms with E-state index in [4.69, 9.17) is 10.5 Å². The van der Waals surface area contributed by atoms with Crippen molar-refractivity contribution in [1.29, 1.82) is 0 Å². The van der Waals surface area contributed by atoms with Crippen LogP contribution in [0.2, 0.25) is 0 Å². The van der Waals surface area contributed by atoms with Gasteiger partial charge in [0.15, 0.2) is 0 Å². The summed E-state index contributed by atoms with van der Waals surface area (Å²) in [5.74, 6) is -0.305. The largest absolute Gasteiger partial charge is 0.462 e. The van der Waals surface area contributed by atoms with E-state index in [-0.39, 0.29) is 5.97 Å². The number of aryl methyl sites for hydroxylation is 1. The summed E-state index contributed by atoms with van der Waals surface area (Å²) in [7, 11) is 0. The molecule has 0 aliphatic heterocycles. The molecule has 110 valence electrons. The minimum absolute atomic E-state index is 0.305. The van der Waals surface area contributed by atoms with Crippen LogP contribution < -0.4 is 11.1 Å². The van der Waals surface area contributed by atoms with Crippen LogP contribution in [0.4, 0.5) is 11.4 Å². The van der Waals surface area contributed by atoms with Gasteiger partial charge in [0, 0.05) is 6.04 Å². The summed E-state index contributed by atoms with van der Waals surface area (Å²) in [5.41, 5.74) is 9.07. The molecule has 20 heavy (non-hydrogen) atoms. The highest BCUT2D eigenvalue weighted by molar-refractivity contribution is 5.93. The lowest BCUT2D eigenvalue weighted by atomic mass is 9.95. The summed E-state index contributed by atoms with van der Waals surface area (Å²) in [5, 5.41) is 3.51. The van der Waals surface area contributed by atoms with Crippen molar-refractivity contribution in [1.82, 2.24) is 0 Å². The van der Waals surface area contributed by atoms with Gasteiger partial charge in [0.05, 0.1) is 23.5 Å². The summed E-state index contributed by atoms with van der Waals surface area (Å²) in [4.78, 5) is 11.8. The van der Waals surface area contributed by atoms with Crippen LogP contribution in [0.1, 0.15) is 54.9 Å². The average molecular weight is 276 g/mol. The molecule has 0 atom stereocenters. The second kappa shape index (κ2) is 6.64. The Hall–Kier alpha value is -1.71. The lowest BCUT2D eigenvalue weighted by Gasteiger charge is -2.25. The molecule has 1 aromatic carbocycles. The van der Waals surface area contributed by atoms with Crippen LogP contribution in [0.5, 0.6) is 0 Å². The number of carbonyl (C=O) groups excluding carboxylic acids is 1. The van der Waals surface area contributed by atoms with Gasteiger partial charge in [0.25, 0.3) is 0 Å². The van der Waals surface area contributed by atoms with Gasteiger partial charge in [-0.25, -0.2) is 4.79 Å². The lowest BCUT2D eigenvalue weighted by Crippen LogP contribution is -2.23. The maximum Gasteiger partial charge on any atom is 0.338 e. The van der Waals surface area contributed by atoms with Crippen LogP contribution >= 0.6 is 0 Å². The molecule has 0 radical (unpaired) electrons. The first-order valence-corrected chi connectivity index (χ1v) is 7.45. The molecule has 0 aromatic heterocycles. The van der Waals surface area contributed by atoms with Gasteiger partial charge in [-0.15, -0.1) is 0 Å². The molecule has 0 amide bonds. The maximum absolute atomic E-state index is 11.8. The Morgan fingerprint density at radius 3 is 2.70 bits per heavy atom. The minimum atomic E-state index is -0.305. The van der Waals surface area contributed by atoms with E-state index in [0.29, 0.717) is 23.9 Å². The molecule has 0 saturated heterocycles. The third-order valence-electron chi connectivity index (χ3n) is 3.86. The topological polar surface area (TPSA) is 64.3 Å². The van der Waals surface area contributed by atoms with E-state index >= 15 is 0 Å². The van der Waals surface area contributed by atoms with Gasteiger partial charge in [-0.1, -0.05) is 19.3 Å². The predicted octanol–water partition coefficient (Wildman–Crippen LogP) is 3.50. The number of esters is 1. The molecule has 1 aliphatic rings. The number of nitrogen functional groups attached to an aromatic ring is 1. The van der Waals surface area contributed by atoms with Crippen molar-refractivity contribution in [2.75, 3.05) is 17.7 Å². The number of carbonyl (C=O) groups is 1. The van der Waals surface area contributed by atoms with Gasteiger partial charge < -0.3 is 15.8 Å². The zero-order valence-corrected chi connectivity index (χ0v) is 12.4. The van der Waals surface area contributed by atoms with E-state index in [1.807, 2.05) is 13.0 Å². The molecule has 4 heteroatoms. The number of nitrogens with two attached hydrogens (primary N) is 1. The van der Waals surface area contributed by atoms with E-state index in [1.165, 1.54) is 32.1 Å². The van der Waals surface area contributed by atoms with Gasteiger partial charge in [0.1, 0.15) is 0 Å².